The summed E-state index contributed by atoms with van der Waals surface area (Å²) in [6.45, 7) is 2.11. The van der Waals surface area contributed by atoms with Crippen molar-refractivity contribution in [3.63, 3.8) is 0 Å². The summed E-state index contributed by atoms with van der Waals surface area (Å²) >= 11 is 0. The fourth-order valence-electron chi connectivity index (χ4n) is 1.97. The van der Waals surface area contributed by atoms with E-state index in [0.29, 0.717) is 0 Å². The second-order valence-corrected chi connectivity index (χ2v) is 3.65. The molecule has 1 aliphatic rings. The third-order valence-electron chi connectivity index (χ3n) is 2.70. The third kappa shape index (κ3) is 6.46. The highest BCUT2D eigenvalue weighted by Crippen LogP contribution is 2.27. The van der Waals surface area contributed by atoms with Crippen LogP contribution in [0.4, 0.5) is 0 Å². The zero-order valence-corrected chi connectivity index (χ0v) is 8.84. The first-order chi connectivity index (χ1) is 6.43. The van der Waals surface area contributed by atoms with Crippen molar-refractivity contribution < 1.29 is 0 Å². The first-order valence-electron chi connectivity index (χ1n) is 5.38. The van der Waals surface area contributed by atoms with Crippen LogP contribution in [0.5, 0.6) is 0 Å². The van der Waals surface area contributed by atoms with Gasteiger partial charge in [-0.2, -0.15) is 0 Å². The van der Waals surface area contributed by atoms with Crippen LogP contribution in [-0.2, 0) is 0 Å². The van der Waals surface area contributed by atoms with Gasteiger partial charge in [-0.25, -0.2) is 0 Å². The zero-order valence-electron chi connectivity index (χ0n) is 8.84. The molecule has 0 aromatic carbocycles. The topological polar surface area (TPSA) is 0 Å². The Hall–Kier alpha value is -0.700. The van der Waals surface area contributed by atoms with Crippen LogP contribution in [0.25, 0.3) is 0 Å². The van der Waals surface area contributed by atoms with Gasteiger partial charge in [0.2, 0.25) is 0 Å². The smallest absolute Gasteiger partial charge is 0.0348 e. The molecular weight excluding hydrogens is 156 g/mol. The highest BCUT2D eigenvalue weighted by atomic mass is 14.2. The Morgan fingerprint density at radius 2 is 1.77 bits per heavy atom. The Kier molecular flexibility index (Phi) is 8.88. The summed E-state index contributed by atoms with van der Waals surface area (Å²) in [5, 5.41) is 0. The van der Waals surface area contributed by atoms with Gasteiger partial charge in [0.25, 0.3) is 0 Å². The van der Waals surface area contributed by atoms with E-state index in [1.165, 1.54) is 44.9 Å². The maximum atomic E-state index is 4.00. The fourth-order valence-corrected chi connectivity index (χ4v) is 1.97. The summed E-state index contributed by atoms with van der Waals surface area (Å²) in [6, 6.07) is 0. The minimum atomic E-state index is 1.06. The Labute approximate surface area is 83.4 Å². The molecule has 0 bridgehead atoms. The predicted molar refractivity (Wildman–Crippen MR) is 60.5 cm³/mol. The molecule has 0 N–H and O–H groups in total. The van der Waals surface area contributed by atoms with Crippen molar-refractivity contribution in [3.8, 4) is 12.8 Å². The average Bonchev–Trinajstić information content (AvgIpc) is 2.23. The summed E-state index contributed by atoms with van der Waals surface area (Å²) in [5.74, 6) is 1.06. The molecule has 0 heterocycles. The highest BCUT2D eigenvalue weighted by molar-refractivity contribution is 4.78. The Morgan fingerprint density at radius 3 is 2.31 bits per heavy atom. The monoisotopic (exact) mass is 178 g/mol. The van der Waals surface area contributed by atoms with Crippen molar-refractivity contribution in [2.45, 2.75) is 51.9 Å². The average molecular weight is 178 g/mol. The van der Waals surface area contributed by atoms with Crippen molar-refractivity contribution in [2.75, 3.05) is 0 Å². The minimum absolute atomic E-state index is 1.06. The molecule has 1 saturated carbocycles. The van der Waals surface area contributed by atoms with E-state index in [-0.39, 0.29) is 0 Å². The Balaban J connectivity index is 0.000000671. The number of allylic oxidation sites excluding steroid dienone is 2. The second-order valence-electron chi connectivity index (χ2n) is 3.65. The van der Waals surface area contributed by atoms with Crippen LogP contribution >= 0.6 is 0 Å². The van der Waals surface area contributed by atoms with Crippen molar-refractivity contribution in [1.82, 2.24) is 0 Å². The summed E-state index contributed by atoms with van der Waals surface area (Å²) in [7, 11) is 0. The quantitative estimate of drug-likeness (QED) is 0.449. The van der Waals surface area contributed by atoms with Crippen molar-refractivity contribution in [3.05, 3.63) is 12.2 Å². The number of hydrogen-bond acceptors (Lipinski definition) is 0. The lowest BCUT2D eigenvalue weighted by molar-refractivity contribution is 0.341. The minimum Gasteiger partial charge on any atom is -0.124 e. The molecular formula is C13H22. The molecule has 0 radical (unpaired) electrons. The molecule has 74 valence electrons. The van der Waals surface area contributed by atoms with Crippen LogP contribution in [0.1, 0.15) is 51.9 Å². The zero-order chi connectivity index (χ0) is 9.94. The number of hydrogen-bond donors (Lipinski definition) is 0. The molecule has 0 atom stereocenters. The third-order valence-corrected chi connectivity index (χ3v) is 2.70. The van der Waals surface area contributed by atoms with Gasteiger partial charge in [-0.1, -0.05) is 44.3 Å². The first kappa shape index (κ1) is 12.3. The predicted octanol–water partition coefficient (Wildman–Crippen LogP) is 4.17. The molecule has 1 fully saturated rings. The molecule has 0 saturated heterocycles. The lowest BCUT2D eigenvalue weighted by Gasteiger charge is -2.20. The summed E-state index contributed by atoms with van der Waals surface area (Å²) < 4.78 is 0. The van der Waals surface area contributed by atoms with E-state index in [4.69, 9.17) is 0 Å². The molecule has 0 amide bonds. The van der Waals surface area contributed by atoms with E-state index in [9.17, 15) is 0 Å². The van der Waals surface area contributed by atoms with Gasteiger partial charge in [-0.05, 0) is 25.7 Å². The Morgan fingerprint density at radius 1 is 1.15 bits per heavy atom. The molecule has 0 heteroatoms. The highest BCUT2D eigenvalue weighted by Gasteiger charge is 2.11. The molecule has 0 aromatic heterocycles. The van der Waals surface area contributed by atoms with Gasteiger partial charge < -0.3 is 0 Å². The molecule has 0 aliphatic heterocycles. The van der Waals surface area contributed by atoms with Crippen molar-refractivity contribution >= 4 is 0 Å². The SMILES string of the molecule is C#C.C/C=C/CCC1CCCCC1. The molecule has 13 heavy (non-hydrogen) atoms. The number of rotatable bonds is 3. The van der Waals surface area contributed by atoms with Crippen LogP contribution in [0.2, 0.25) is 0 Å². The number of terminal acetylenes is 1. The van der Waals surface area contributed by atoms with E-state index in [2.05, 4.69) is 31.9 Å². The first-order valence-corrected chi connectivity index (χ1v) is 5.38. The standard InChI is InChI=1S/C11H20.C2H2/c1-2-3-5-8-11-9-6-4-7-10-11;1-2/h2-3,11H,4-10H2,1H3;1-2H/b3-2+;. The lowest BCUT2D eigenvalue weighted by Crippen LogP contribution is -2.05. The molecule has 0 nitrogen and oxygen atoms in total. The second kappa shape index (κ2) is 9.39. The maximum Gasteiger partial charge on any atom is -0.0348 e. The van der Waals surface area contributed by atoms with Gasteiger partial charge >= 0.3 is 0 Å². The lowest BCUT2D eigenvalue weighted by atomic mass is 9.86. The molecule has 0 aromatic rings. The van der Waals surface area contributed by atoms with E-state index >= 15 is 0 Å². The van der Waals surface area contributed by atoms with Gasteiger partial charge in [0.05, 0.1) is 0 Å². The maximum absolute atomic E-state index is 4.00. The van der Waals surface area contributed by atoms with Gasteiger partial charge in [0.15, 0.2) is 0 Å². The van der Waals surface area contributed by atoms with Gasteiger partial charge in [-0.3, -0.25) is 0 Å². The van der Waals surface area contributed by atoms with Crippen LogP contribution in [0, 0.1) is 18.8 Å². The van der Waals surface area contributed by atoms with Crippen LogP contribution in [0.15, 0.2) is 12.2 Å². The molecule has 0 unspecified atom stereocenters. The van der Waals surface area contributed by atoms with E-state index in [1.54, 1.807) is 0 Å². The van der Waals surface area contributed by atoms with Gasteiger partial charge in [0.1, 0.15) is 0 Å². The van der Waals surface area contributed by atoms with Crippen molar-refractivity contribution in [1.29, 1.82) is 0 Å². The van der Waals surface area contributed by atoms with E-state index in [0.717, 1.165) is 5.92 Å². The fraction of sp³-hybridized carbons (Fsp3) is 0.692. The van der Waals surface area contributed by atoms with Crippen LogP contribution in [0.3, 0.4) is 0 Å². The summed E-state index contributed by atoms with van der Waals surface area (Å²) in [6.07, 6.45) is 22.7. The van der Waals surface area contributed by atoms with Crippen LogP contribution < -0.4 is 0 Å². The summed E-state index contributed by atoms with van der Waals surface area (Å²) in [4.78, 5) is 0. The van der Waals surface area contributed by atoms with Crippen molar-refractivity contribution in [2.24, 2.45) is 5.92 Å². The summed E-state index contributed by atoms with van der Waals surface area (Å²) in [5.41, 5.74) is 0. The molecule has 1 rings (SSSR count). The largest absolute Gasteiger partial charge is 0.124 e. The van der Waals surface area contributed by atoms with Crippen LogP contribution in [-0.4, -0.2) is 0 Å². The molecule has 1 aliphatic carbocycles. The van der Waals surface area contributed by atoms with E-state index in [1.807, 2.05) is 0 Å². The van der Waals surface area contributed by atoms with E-state index < -0.39 is 0 Å². The molecule has 0 spiro atoms. The normalized spacial score (nSPS) is 18.1. The van der Waals surface area contributed by atoms with Gasteiger partial charge in [0, 0.05) is 0 Å². The Bertz CT molecular complexity index is 135. The van der Waals surface area contributed by atoms with Gasteiger partial charge in [-0.15, -0.1) is 12.8 Å².